The summed E-state index contributed by atoms with van der Waals surface area (Å²) < 4.78 is 10.4. The third kappa shape index (κ3) is 2.55. The zero-order valence-corrected chi connectivity index (χ0v) is 15.4. The van der Waals surface area contributed by atoms with E-state index in [1.54, 1.807) is 0 Å². The van der Waals surface area contributed by atoms with Gasteiger partial charge in [-0.1, -0.05) is 26.7 Å². The van der Waals surface area contributed by atoms with E-state index >= 15 is 0 Å². The standard InChI is InChI=1S/C20H28O6/c1-3-9-5-10(4-2)16-13-7-12(15(9)16)17(19(22)23)18(13)20(24)26-11-6-14(21)25-8-11/h9-13,15-18H,3-8H2,1-2H3,(H,22,23). The Labute approximate surface area is 153 Å². The van der Waals surface area contributed by atoms with Crippen LogP contribution < -0.4 is 0 Å². The van der Waals surface area contributed by atoms with Crippen molar-refractivity contribution in [1.82, 2.24) is 0 Å². The van der Waals surface area contributed by atoms with Gasteiger partial charge in [0.2, 0.25) is 0 Å². The number of ether oxygens (including phenoxy) is 2. The van der Waals surface area contributed by atoms with Crippen LogP contribution in [0.4, 0.5) is 0 Å². The second kappa shape index (κ2) is 6.54. The Morgan fingerprint density at radius 1 is 1.08 bits per heavy atom. The molecule has 3 aliphatic carbocycles. The van der Waals surface area contributed by atoms with Gasteiger partial charge < -0.3 is 14.6 Å². The van der Waals surface area contributed by atoms with E-state index in [0.29, 0.717) is 23.7 Å². The Bertz CT molecular complexity index is 615. The molecule has 6 nitrogen and oxygen atoms in total. The van der Waals surface area contributed by atoms with Crippen LogP contribution in [-0.4, -0.2) is 35.7 Å². The highest BCUT2D eigenvalue weighted by atomic mass is 16.6. The maximum atomic E-state index is 12.9. The number of hydrogen-bond donors (Lipinski definition) is 1. The number of rotatable bonds is 5. The number of carbonyl (C=O) groups excluding carboxylic acids is 2. The summed E-state index contributed by atoms with van der Waals surface area (Å²) in [5.74, 6) is -0.621. The molecular weight excluding hydrogens is 336 g/mol. The lowest BCUT2D eigenvalue weighted by Crippen LogP contribution is -2.44. The molecule has 4 fully saturated rings. The van der Waals surface area contributed by atoms with Crippen molar-refractivity contribution >= 4 is 17.9 Å². The van der Waals surface area contributed by atoms with Gasteiger partial charge in [0.15, 0.2) is 0 Å². The molecule has 9 atom stereocenters. The number of carbonyl (C=O) groups is 3. The summed E-state index contributed by atoms with van der Waals surface area (Å²) in [6, 6.07) is 0. The number of esters is 2. The second-order valence-electron chi connectivity index (χ2n) is 8.63. The van der Waals surface area contributed by atoms with Crippen LogP contribution in [0.25, 0.3) is 0 Å². The molecule has 0 aromatic heterocycles. The van der Waals surface area contributed by atoms with Crippen LogP contribution >= 0.6 is 0 Å². The zero-order chi connectivity index (χ0) is 18.6. The molecule has 26 heavy (non-hydrogen) atoms. The van der Waals surface area contributed by atoms with Crippen molar-refractivity contribution in [3.8, 4) is 0 Å². The van der Waals surface area contributed by atoms with Crippen molar-refractivity contribution in [2.75, 3.05) is 6.61 Å². The molecule has 0 radical (unpaired) electrons. The number of fused-ring (bicyclic) bond motifs is 5. The van der Waals surface area contributed by atoms with Crippen molar-refractivity contribution in [3.63, 3.8) is 0 Å². The summed E-state index contributed by atoms with van der Waals surface area (Å²) >= 11 is 0. The highest BCUT2D eigenvalue weighted by molar-refractivity contribution is 5.83. The average Bonchev–Trinajstić information content (AvgIpc) is 3.33. The Morgan fingerprint density at radius 3 is 2.19 bits per heavy atom. The molecule has 1 aliphatic heterocycles. The predicted molar refractivity (Wildman–Crippen MR) is 90.8 cm³/mol. The van der Waals surface area contributed by atoms with Gasteiger partial charge in [-0.3, -0.25) is 14.4 Å². The fourth-order valence-electron chi connectivity index (χ4n) is 6.88. The molecule has 1 N–H and O–H groups in total. The average molecular weight is 364 g/mol. The molecule has 4 aliphatic rings. The maximum Gasteiger partial charge on any atom is 0.310 e. The van der Waals surface area contributed by atoms with E-state index in [1.807, 2.05) is 0 Å². The van der Waals surface area contributed by atoms with E-state index in [9.17, 15) is 19.5 Å². The number of hydrogen-bond acceptors (Lipinski definition) is 5. The molecule has 1 heterocycles. The van der Waals surface area contributed by atoms with Crippen molar-refractivity contribution in [2.24, 2.45) is 47.3 Å². The van der Waals surface area contributed by atoms with E-state index in [-0.39, 0.29) is 30.8 Å². The summed E-state index contributed by atoms with van der Waals surface area (Å²) in [6.45, 7) is 4.49. The minimum absolute atomic E-state index is 0.0752. The van der Waals surface area contributed by atoms with Gasteiger partial charge in [-0.2, -0.15) is 0 Å². The number of aliphatic carboxylic acids is 1. The number of carboxylic acids is 1. The molecule has 0 amide bonds. The second-order valence-corrected chi connectivity index (χ2v) is 8.63. The summed E-state index contributed by atoms with van der Waals surface area (Å²) in [4.78, 5) is 36.2. The highest BCUT2D eigenvalue weighted by Gasteiger charge is 2.67. The zero-order valence-electron chi connectivity index (χ0n) is 15.4. The monoisotopic (exact) mass is 364 g/mol. The first-order chi connectivity index (χ1) is 12.5. The lowest BCUT2D eigenvalue weighted by molar-refractivity contribution is -0.167. The van der Waals surface area contributed by atoms with Crippen LogP contribution in [0.5, 0.6) is 0 Å². The molecule has 1 saturated heterocycles. The summed E-state index contributed by atoms with van der Waals surface area (Å²) in [5.41, 5.74) is 0. The van der Waals surface area contributed by atoms with E-state index in [0.717, 1.165) is 25.7 Å². The van der Waals surface area contributed by atoms with E-state index in [4.69, 9.17) is 9.47 Å². The third-order valence-electron chi connectivity index (χ3n) is 7.69. The Hall–Kier alpha value is -1.59. The van der Waals surface area contributed by atoms with Gasteiger partial charge in [0.1, 0.15) is 12.7 Å². The normalized spacial score (nSPS) is 46.2. The molecule has 9 unspecified atom stereocenters. The van der Waals surface area contributed by atoms with Crippen LogP contribution in [-0.2, 0) is 23.9 Å². The van der Waals surface area contributed by atoms with Crippen molar-refractivity contribution in [2.45, 2.75) is 52.1 Å². The Kier molecular flexibility index (Phi) is 4.48. The van der Waals surface area contributed by atoms with E-state index in [2.05, 4.69) is 13.8 Å². The van der Waals surface area contributed by atoms with Gasteiger partial charge >= 0.3 is 17.9 Å². The summed E-state index contributed by atoms with van der Waals surface area (Å²) in [6.07, 6.45) is 3.68. The third-order valence-corrected chi connectivity index (χ3v) is 7.69. The van der Waals surface area contributed by atoms with Crippen LogP contribution in [0.3, 0.4) is 0 Å². The molecule has 0 aromatic rings. The molecule has 3 saturated carbocycles. The van der Waals surface area contributed by atoms with E-state index < -0.39 is 29.9 Å². The summed E-state index contributed by atoms with van der Waals surface area (Å²) in [5, 5.41) is 9.87. The van der Waals surface area contributed by atoms with Gasteiger partial charge in [-0.25, -0.2) is 0 Å². The lowest BCUT2D eigenvalue weighted by Gasteiger charge is -2.38. The van der Waals surface area contributed by atoms with Gasteiger partial charge in [0, 0.05) is 0 Å². The van der Waals surface area contributed by atoms with Crippen molar-refractivity contribution in [3.05, 3.63) is 0 Å². The molecular formula is C20H28O6. The minimum atomic E-state index is -0.869. The topological polar surface area (TPSA) is 89.9 Å². The lowest BCUT2D eigenvalue weighted by atomic mass is 9.65. The first kappa shape index (κ1) is 17.8. The molecule has 4 rings (SSSR count). The predicted octanol–water partition coefficient (Wildman–Crippen LogP) is 2.50. The van der Waals surface area contributed by atoms with Crippen LogP contribution in [0.2, 0.25) is 0 Å². The largest absolute Gasteiger partial charge is 0.481 e. The van der Waals surface area contributed by atoms with Crippen LogP contribution in [0.1, 0.15) is 46.0 Å². The first-order valence-electron chi connectivity index (χ1n) is 10.0. The number of carboxylic acid groups (broad SMARTS) is 1. The quantitative estimate of drug-likeness (QED) is 0.754. The molecule has 0 aromatic carbocycles. The minimum Gasteiger partial charge on any atom is -0.481 e. The maximum absolute atomic E-state index is 12.9. The fourth-order valence-corrected chi connectivity index (χ4v) is 6.88. The van der Waals surface area contributed by atoms with Crippen LogP contribution in [0, 0.1) is 47.3 Å². The van der Waals surface area contributed by atoms with Crippen molar-refractivity contribution in [1.29, 1.82) is 0 Å². The highest BCUT2D eigenvalue weighted by Crippen LogP contribution is 2.67. The molecule has 144 valence electrons. The van der Waals surface area contributed by atoms with E-state index in [1.165, 1.54) is 0 Å². The molecule has 0 spiro atoms. The van der Waals surface area contributed by atoms with Gasteiger partial charge in [0.05, 0.1) is 18.3 Å². The van der Waals surface area contributed by atoms with Crippen LogP contribution in [0.15, 0.2) is 0 Å². The Balaban J connectivity index is 1.58. The Morgan fingerprint density at radius 2 is 1.69 bits per heavy atom. The van der Waals surface area contributed by atoms with Crippen molar-refractivity contribution < 1.29 is 29.0 Å². The summed E-state index contributed by atoms with van der Waals surface area (Å²) in [7, 11) is 0. The molecule has 6 heteroatoms. The SMILES string of the molecule is CCC1CC(CC)C2C3CC(C(C(=O)O)C3C(=O)OC3COC(=O)C3)C12. The number of cyclic esters (lactones) is 1. The van der Waals surface area contributed by atoms with Gasteiger partial charge in [-0.15, -0.1) is 0 Å². The fraction of sp³-hybridized carbons (Fsp3) is 0.850. The van der Waals surface area contributed by atoms with Gasteiger partial charge in [0.25, 0.3) is 0 Å². The first-order valence-corrected chi connectivity index (χ1v) is 10.0. The van der Waals surface area contributed by atoms with Gasteiger partial charge in [-0.05, 0) is 48.3 Å². The molecule has 2 bridgehead atoms. The smallest absolute Gasteiger partial charge is 0.310 e.